The summed E-state index contributed by atoms with van der Waals surface area (Å²) in [5.74, 6) is -0.0943. The Morgan fingerprint density at radius 3 is 2.64 bits per heavy atom. The summed E-state index contributed by atoms with van der Waals surface area (Å²) in [4.78, 5) is 40.9. The number of amides is 1. The summed E-state index contributed by atoms with van der Waals surface area (Å²) in [7, 11) is 0. The minimum atomic E-state index is -0.517. The second kappa shape index (κ2) is 7.56. The van der Waals surface area contributed by atoms with Gasteiger partial charge in [0.25, 0.3) is 5.56 Å². The van der Waals surface area contributed by atoms with Crippen LogP contribution in [0, 0.1) is 0 Å². The van der Waals surface area contributed by atoms with Crippen molar-refractivity contribution in [2.24, 2.45) is 0 Å². The quantitative estimate of drug-likeness (QED) is 0.657. The van der Waals surface area contributed by atoms with Crippen molar-refractivity contribution in [1.29, 1.82) is 0 Å². The highest BCUT2D eigenvalue weighted by Crippen LogP contribution is 2.20. The first-order valence-corrected chi connectivity index (χ1v) is 10.5. The second-order valence-corrected chi connectivity index (χ2v) is 8.41. The maximum absolute atomic E-state index is 13.2. The SMILES string of the molecule is C[C@H]1CCCCN1C(=O)Cn1c(=O)n(-c2ccc(Cl)cc2)c(=O)c2sccc21. The standard InChI is InChI=1S/C20H20ClN3O3S/c1-13-4-2-3-10-22(13)17(25)12-23-16-9-11-28-18(16)19(26)24(20(23)27)15-7-5-14(21)6-8-15/h5-9,11,13H,2-4,10,12H2,1H3/t13-/m0/s1. The van der Waals surface area contributed by atoms with Crippen molar-refractivity contribution in [2.45, 2.75) is 38.8 Å². The Kier molecular flexibility index (Phi) is 5.12. The zero-order chi connectivity index (χ0) is 19.8. The maximum Gasteiger partial charge on any atom is 0.336 e. The van der Waals surface area contributed by atoms with Gasteiger partial charge in [0.1, 0.15) is 11.2 Å². The van der Waals surface area contributed by atoms with E-state index < -0.39 is 5.69 Å². The van der Waals surface area contributed by atoms with E-state index in [2.05, 4.69) is 0 Å². The Balaban J connectivity index is 1.83. The number of hydrogen-bond donors (Lipinski definition) is 0. The summed E-state index contributed by atoms with van der Waals surface area (Å²) in [6, 6.07) is 8.41. The third-order valence-electron chi connectivity index (χ3n) is 5.26. The van der Waals surface area contributed by atoms with Gasteiger partial charge in [-0.2, -0.15) is 0 Å². The lowest BCUT2D eigenvalue weighted by atomic mass is 10.0. The molecule has 3 aromatic rings. The van der Waals surface area contributed by atoms with Crippen molar-refractivity contribution in [3.05, 3.63) is 61.6 Å². The largest absolute Gasteiger partial charge is 0.338 e. The Morgan fingerprint density at radius 2 is 1.93 bits per heavy atom. The van der Waals surface area contributed by atoms with Crippen molar-refractivity contribution in [3.8, 4) is 5.69 Å². The number of rotatable bonds is 3. The molecular weight excluding hydrogens is 398 g/mol. The molecule has 0 bridgehead atoms. The van der Waals surface area contributed by atoms with E-state index in [0.717, 1.165) is 23.8 Å². The average Bonchev–Trinajstić information content (AvgIpc) is 3.17. The van der Waals surface area contributed by atoms with E-state index in [1.165, 1.54) is 15.9 Å². The molecule has 3 heterocycles. The van der Waals surface area contributed by atoms with E-state index in [0.29, 0.717) is 27.5 Å². The molecule has 1 aliphatic heterocycles. The van der Waals surface area contributed by atoms with Crippen LogP contribution in [0.1, 0.15) is 26.2 Å². The van der Waals surface area contributed by atoms with Gasteiger partial charge >= 0.3 is 5.69 Å². The van der Waals surface area contributed by atoms with Crippen molar-refractivity contribution in [2.75, 3.05) is 6.54 Å². The van der Waals surface area contributed by atoms with Crippen LogP contribution in [0.2, 0.25) is 5.02 Å². The number of aromatic nitrogens is 2. The molecule has 6 nitrogen and oxygen atoms in total. The molecule has 146 valence electrons. The van der Waals surface area contributed by atoms with Crippen LogP contribution in [0.25, 0.3) is 15.9 Å². The molecule has 0 aliphatic carbocycles. The van der Waals surface area contributed by atoms with E-state index in [4.69, 9.17) is 11.6 Å². The van der Waals surface area contributed by atoms with Crippen LogP contribution in [0.5, 0.6) is 0 Å². The molecule has 0 radical (unpaired) electrons. The Hall–Kier alpha value is -2.38. The van der Waals surface area contributed by atoms with Crippen LogP contribution in [-0.2, 0) is 11.3 Å². The van der Waals surface area contributed by atoms with Crippen molar-refractivity contribution in [3.63, 3.8) is 0 Å². The number of thiophene rings is 1. The topological polar surface area (TPSA) is 64.3 Å². The van der Waals surface area contributed by atoms with Gasteiger partial charge in [0.15, 0.2) is 0 Å². The van der Waals surface area contributed by atoms with E-state index in [-0.39, 0.29) is 24.1 Å². The number of carbonyl (C=O) groups is 1. The molecule has 0 unspecified atom stereocenters. The van der Waals surface area contributed by atoms with Gasteiger partial charge in [0.05, 0.1) is 11.2 Å². The van der Waals surface area contributed by atoms with E-state index in [9.17, 15) is 14.4 Å². The first-order valence-electron chi connectivity index (χ1n) is 9.26. The summed E-state index contributed by atoms with van der Waals surface area (Å²) < 4.78 is 2.97. The van der Waals surface area contributed by atoms with E-state index in [1.807, 2.05) is 11.8 Å². The third-order valence-corrected chi connectivity index (χ3v) is 6.40. The lowest BCUT2D eigenvalue weighted by Crippen LogP contribution is -2.46. The zero-order valence-electron chi connectivity index (χ0n) is 15.4. The predicted molar refractivity (Wildman–Crippen MR) is 112 cm³/mol. The minimum absolute atomic E-state index is 0.0791. The molecule has 1 aliphatic rings. The van der Waals surface area contributed by atoms with Crippen molar-refractivity contribution in [1.82, 2.24) is 14.0 Å². The fourth-order valence-corrected chi connectivity index (χ4v) is 4.70. The highest BCUT2D eigenvalue weighted by atomic mass is 35.5. The summed E-state index contributed by atoms with van der Waals surface area (Å²) in [6.07, 6.45) is 3.06. The molecule has 1 fully saturated rings. The normalized spacial score (nSPS) is 17.2. The summed E-state index contributed by atoms with van der Waals surface area (Å²) in [6.45, 7) is 2.66. The minimum Gasteiger partial charge on any atom is -0.338 e. The Labute approximate surface area is 170 Å². The molecule has 0 spiro atoms. The first-order chi connectivity index (χ1) is 13.5. The molecule has 8 heteroatoms. The maximum atomic E-state index is 13.2. The van der Waals surface area contributed by atoms with Crippen LogP contribution >= 0.6 is 22.9 Å². The molecule has 4 rings (SSSR count). The molecule has 1 saturated heterocycles. The highest BCUT2D eigenvalue weighted by molar-refractivity contribution is 7.17. The van der Waals surface area contributed by atoms with Crippen LogP contribution in [0.15, 0.2) is 45.3 Å². The number of nitrogens with zero attached hydrogens (tertiary/aromatic N) is 3. The number of benzene rings is 1. The van der Waals surface area contributed by atoms with Gasteiger partial charge in [-0.05, 0) is 61.9 Å². The number of fused-ring (bicyclic) bond motifs is 1. The molecule has 0 N–H and O–H groups in total. The van der Waals surface area contributed by atoms with Gasteiger partial charge < -0.3 is 4.90 Å². The number of halogens is 1. The smallest absolute Gasteiger partial charge is 0.336 e. The monoisotopic (exact) mass is 417 g/mol. The first kappa shape index (κ1) is 19.0. The van der Waals surface area contributed by atoms with Crippen LogP contribution in [0.4, 0.5) is 0 Å². The second-order valence-electron chi connectivity index (χ2n) is 7.05. The molecule has 2 aromatic heterocycles. The molecule has 1 aromatic carbocycles. The van der Waals surface area contributed by atoms with Gasteiger partial charge in [0, 0.05) is 17.6 Å². The van der Waals surface area contributed by atoms with Crippen molar-refractivity contribution < 1.29 is 4.79 Å². The van der Waals surface area contributed by atoms with Gasteiger partial charge in [-0.1, -0.05) is 11.6 Å². The Bertz CT molecular complexity index is 1150. The summed E-state index contributed by atoms with van der Waals surface area (Å²) in [5, 5.41) is 2.28. The average molecular weight is 418 g/mol. The molecule has 28 heavy (non-hydrogen) atoms. The summed E-state index contributed by atoms with van der Waals surface area (Å²) in [5.41, 5.74) is 0.0362. The third kappa shape index (κ3) is 3.29. The lowest BCUT2D eigenvalue weighted by Gasteiger charge is -2.33. The number of piperidine rings is 1. The highest BCUT2D eigenvalue weighted by Gasteiger charge is 2.25. The van der Waals surface area contributed by atoms with Crippen LogP contribution < -0.4 is 11.2 Å². The number of carbonyl (C=O) groups excluding carboxylic acids is 1. The lowest BCUT2D eigenvalue weighted by molar-refractivity contribution is -0.135. The van der Waals surface area contributed by atoms with Gasteiger partial charge in [-0.3, -0.25) is 14.2 Å². The van der Waals surface area contributed by atoms with Crippen LogP contribution in [0.3, 0.4) is 0 Å². The van der Waals surface area contributed by atoms with Crippen molar-refractivity contribution >= 4 is 39.1 Å². The predicted octanol–water partition coefficient (Wildman–Crippen LogP) is 3.27. The van der Waals surface area contributed by atoms with E-state index >= 15 is 0 Å². The molecule has 1 amide bonds. The molecular formula is C20H20ClN3O3S. The molecule has 0 saturated carbocycles. The summed E-state index contributed by atoms with van der Waals surface area (Å²) >= 11 is 7.21. The van der Waals surface area contributed by atoms with Crippen LogP contribution in [-0.4, -0.2) is 32.5 Å². The number of likely N-dealkylation sites (tertiary alicyclic amines) is 1. The molecule has 1 atom stereocenters. The van der Waals surface area contributed by atoms with E-state index in [1.54, 1.807) is 35.7 Å². The van der Waals surface area contributed by atoms with Gasteiger partial charge in [0.2, 0.25) is 5.91 Å². The fourth-order valence-electron chi connectivity index (χ4n) is 3.75. The van der Waals surface area contributed by atoms with Gasteiger partial charge in [-0.15, -0.1) is 11.3 Å². The fraction of sp³-hybridized carbons (Fsp3) is 0.350. The zero-order valence-corrected chi connectivity index (χ0v) is 17.0. The van der Waals surface area contributed by atoms with Gasteiger partial charge in [-0.25, -0.2) is 9.36 Å². The Morgan fingerprint density at radius 1 is 1.18 bits per heavy atom. The number of hydrogen-bond acceptors (Lipinski definition) is 4.